The second kappa shape index (κ2) is 6.72. The molecule has 1 saturated heterocycles. The molecule has 1 aliphatic rings. The molecule has 3 N–H and O–H groups in total. The number of carboxylic acids is 1. The first-order valence-corrected chi connectivity index (χ1v) is 6.98. The number of benzene rings is 1. The molecule has 5 nitrogen and oxygen atoms in total. The minimum Gasteiger partial charge on any atom is -0.478 e. The van der Waals surface area contributed by atoms with Crippen molar-refractivity contribution in [3.05, 3.63) is 29.3 Å². The number of rotatable bonds is 5. The molecular formula is C15H22N2O3. The van der Waals surface area contributed by atoms with Crippen molar-refractivity contribution in [1.82, 2.24) is 5.32 Å². The van der Waals surface area contributed by atoms with Crippen LogP contribution in [0.4, 0.5) is 5.69 Å². The highest BCUT2D eigenvalue weighted by Gasteiger charge is 2.16. The van der Waals surface area contributed by atoms with Crippen molar-refractivity contribution >= 4 is 11.7 Å². The van der Waals surface area contributed by atoms with Gasteiger partial charge in [-0.05, 0) is 44.0 Å². The van der Waals surface area contributed by atoms with Crippen LogP contribution in [-0.4, -0.2) is 42.9 Å². The second-order valence-electron chi connectivity index (χ2n) is 5.34. The molecule has 2 atom stereocenters. The average Bonchev–Trinajstić information content (AvgIpc) is 2.42. The molecule has 1 heterocycles. The summed E-state index contributed by atoms with van der Waals surface area (Å²) < 4.78 is 5.44. The Morgan fingerprint density at radius 1 is 1.60 bits per heavy atom. The van der Waals surface area contributed by atoms with E-state index in [0.717, 1.165) is 37.4 Å². The van der Waals surface area contributed by atoms with Crippen LogP contribution in [0.2, 0.25) is 0 Å². The topological polar surface area (TPSA) is 70.6 Å². The lowest BCUT2D eigenvalue weighted by Gasteiger charge is -2.27. The molecular weight excluding hydrogens is 256 g/mol. The van der Waals surface area contributed by atoms with Crippen LogP contribution >= 0.6 is 0 Å². The highest BCUT2D eigenvalue weighted by Crippen LogP contribution is 2.19. The number of morpholine rings is 1. The van der Waals surface area contributed by atoms with Crippen LogP contribution in [0.3, 0.4) is 0 Å². The number of anilines is 1. The molecule has 20 heavy (non-hydrogen) atoms. The van der Waals surface area contributed by atoms with Gasteiger partial charge in [0.05, 0.1) is 18.8 Å². The van der Waals surface area contributed by atoms with E-state index in [1.807, 2.05) is 13.0 Å². The monoisotopic (exact) mass is 278 g/mol. The minimum absolute atomic E-state index is 0.295. The van der Waals surface area contributed by atoms with Crippen LogP contribution in [0.1, 0.15) is 29.3 Å². The van der Waals surface area contributed by atoms with Gasteiger partial charge in [0.2, 0.25) is 0 Å². The lowest BCUT2D eigenvalue weighted by atomic mass is 10.1. The first-order valence-electron chi connectivity index (χ1n) is 6.98. The van der Waals surface area contributed by atoms with E-state index in [2.05, 4.69) is 17.6 Å². The van der Waals surface area contributed by atoms with E-state index >= 15 is 0 Å². The summed E-state index contributed by atoms with van der Waals surface area (Å²) in [4.78, 5) is 10.9. The van der Waals surface area contributed by atoms with Crippen LogP contribution in [0.25, 0.3) is 0 Å². The fourth-order valence-electron chi connectivity index (χ4n) is 2.48. The number of nitrogens with one attached hydrogen (secondary N) is 2. The number of ether oxygens (including phenoxy) is 1. The zero-order valence-electron chi connectivity index (χ0n) is 12.0. The van der Waals surface area contributed by atoms with Gasteiger partial charge in [-0.25, -0.2) is 4.79 Å². The summed E-state index contributed by atoms with van der Waals surface area (Å²) in [6, 6.07) is 5.83. The molecule has 0 bridgehead atoms. The standard InChI is InChI=1S/C15H22N2O3/c1-10-7-12(15(18)19)3-4-14(10)17-11(2)8-13-9-20-6-5-16-13/h3-4,7,11,13,16-17H,5-6,8-9H2,1-2H3,(H,18,19). The predicted molar refractivity (Wildman–Crippen MR) is 78.4 cm³/mol. The quantitative estimate of drug-likeness (QED) is 0.767. The first-order chi connectivity index (χ1) is 9.56. The van der Waals surface area contributed by atoms with Crippen LogP contribution in [-0.2, 0) is 4.74 Å². The van der Waals surface area contributed by atoms with Crippen molar-refractivity contribution in [3.63, 3.8) is 0 Å². The Labute approximate surface area is 119 Å². The summed E-state index contributed by atoms with van der Waals surface area (Å²) in [5.74, 6) is -0.892. The Morgan fingerprint density at radius 3 is 3.00 bits per heavy atom. The molecule has 0 radical (unpaired) electrons. The van der Waals surface area contributed by atoms with Gasteiger partial charge >= 0.3 is 5.97 Å². The van der Waals surface area contributed by atoms with E-state index in [4.69, 9.17) is 9.84 Å². The van der Waals surface area contributed by atoms with Crippen molar-refractivity contribution in [2.75, 3.05) is 25.1 Å². The van der Waals surface area contributed by atoms with Gasteiger partial charge in [0.1, 0.15) is 0 Å². The smallest absolute Gasteiger partial charge is 0.335 e. The van der Waals surface area contributed by atoms with Gasteiger partial charge in [0, 0.05) is 24.3 Å². The third-order valence-corrected chi connectivity index (χ3v) is 3.51. The zero-order valence-corrected chi connectivity index (χ0v) is 12.0. The predicted octanol–water partition coefficient (Wildman–Crippen LogP) is 1.87. The Kier molecular flexibility index (Phi) is 4.98. The highest BCUT2D eigenvalue weighted by molar-refractivity contribution is 5.88. The first kappa shape index (κ1) is 14.8. The largest absolute Gasteiger partial charge is 0.478 e. The van der Waals surface area contributed by atoms with Gasteiger partial charge in [-0.1, -0.05) is 0 Å². The number of aromatic carboxylic acids is 1. The van der Waals surface area contributed by atoms with Gasteiger partial charge in [-0.2, -0.15) is 0 Å². The molecule has 0 aromatic heterocycles. The van der Waals surface area contributed by atoms with Gasteiger partial charge in [0.15, 0.2) is 0 Å². The Hall–Kier alpha value is -1.59. The van der Waals surface area contributed by atoms with Crippen molar-refractivity contribution < 1.29 is 14.6 Å². The van der Waals surface area contributed by atoms with E-state index in [0.29, 0.717) is 17.6 Å². The summed E-state index contributed by atoms with van der Waals surface area (Å²) in [5, 5.41) is 15.8. The third-order valence-electron chi connectivity index (χ3n) is 3.51. The molecule has 0 saturated carbocycles. The van der Waals surface area contributed by atoms with E-state index in [1.54, 1.807) is 12.1 Å². The van der Waals surface area contributed by atoms with Crippen LogP contribution in [0.15, 0.2) is 18.2 Å². The lowest BCUT2D eigenvalue weighted by molar-refractivity contribution is 0.0696. The molecule has 0 aliphatic carbocycles. The molecule has 0 spiro atoms. The fraction of sp³-hybridized carbons (Fsp3) is 0.533. The Morgan fingerprint density at radius 2 is 2.40 bits per heavy atom. The minimum atomic E-state index is -0.892. The third kappa shape index (κ3) is 3.95. The second-order valence-corrected chi connectivity index (χ2v) is 5.34. The fourth-order valence-corrected chi connectivity index (χ4v) is 2.48. The van der Waals surface area contributed by atoms with Gasteiger partial charge in [-0.3, -0.25) is 0 Å². The van der Waals surface area contributed by atoms with E-state index in [9.17, 15) is 4.79 Å². The summed E-state index contributed by atoms with van der Waals surface area (Å²) >= 11 is 0. The number of carboxylic acid groups (broad SMARTS) is 1. The number of hydrogen-bond donors (Lipinski definition) is 3. The van der Waals surface area contributed by atoms with Crippen LogP contribution in [0, 0.1) is 6.92 Å². The highest BCUT2D eigenvalue weighted by atomic mass is 16.5. The van der Waals surface area contributed by atoms with Gasteiger partial charge in [0.25, 0.3) is 0 Å². The molecule has 110 valence electrons. The molecule has 1 aromatic rings. The van der Waals surface area contributed by atoms with Gasteiger partial charge in [-0.15, -0.1) is 0 Å². The number of carbonyl (C=O) groups is 1. The van der Waals surface area contributed by atoms with Crippen molar-refractivity contribution in [2.24, 2.45) is 0 Å². The molecule has 1 fully saturated rings. The van der Waals surface area contributed by atoms with Gasteiger partial charge < -0.3 is 20.5 Å². The van der Waals surface area contributed by atoms with E-state index in [1.165, 1.54) is 0 Å². The summed E-state index contributed by atoms with van der Waals surface area (Å²) in [6.45, 7) is 6.49. The molecule has 0 amide bonds. The maximum absolute atomic E-state index is 10.9. The SMILES string of the molecule is Cc1cc(C(=O)O)ccc1NC(C)CC1COCCN1. The molecule has 2 rings (SSSR count). The zero-order chi connectivity index (χ0) is 14.5. The summed E-state index contributed by atoms with van der Waals surface area (Å²) in [5.41, 5.74) is 2.26. The molecule has 1 aromatic carbocycles. The maximum atomic E-state index is 10.9. The molecule has 5 heteroatoms. The summed E-state index contributed by atoms with van der Waals surface area (Å²) in [6.07, 6.45) is 0.972. The van der Waals surface area contributed by atoms with Crippen molar-refractivity contribution in [3.8, 4) is 0 Å². The summed E-state index contributed by atoms with van der Waals surface area (Å²) in [7, 11) is 0. The van der Waals surface area contributed by atoms with Crippen molar-refractivity contribution in [2.45, 2.75) is 32.4 Å². The average molecular weight is 278 g/mol. The molecule has 2 unspecified atom stereocenters. The van der Waals surface area contributed by atoms with Crippen LogP contribution < -0.4 is 10.6 Å². The lowest BCUT2D eigenvalue weighted by Crippen LogP contribution is -2.43. The number of aryl methyl sites for hydroxylation is 1. The normalized spacial score (nSPS) is 20.4. The number of hydrogen-bond acceptors (Lipinski definition) is 4. The Bertz CT molecular complexity index is 470. The van der Waals surface area contributed by atoms with Crippen LogP contribution in [0.5, 0.6) is 0 Å². The Balaban J connectivity index is 1.93. The maximum Gasteiger partial charge on any atom is 0.335 e. The van der Waals surface area contributed by atoms with Crippen molar-refractivity contribution in [1.29, 1.82) is 0 Å². The molecule has 1 aliphatic heterocycles. The van der Waals surface area contributed by atoms with E-state index in [-0.39, 0.29) is 0 Å². The van der Waals surface area contributed by atoms with E-state index < -0.39 is 5.97 Å².